The molecule has 1 aliphatic carbocycles. The van der Waals surface area contributed by atoms with Gasteiger partial charge in [-0.3, -0.25) is 9.78 Å². The quantitative estimate of drug-likeness (QED) is 0.769. The van der Waals surface area contributed by atoms with Gasteiger partial charge in [0.2, 0.25) is 5.95 Å². The Labute approximate surface area is 153 Å². The van der Waals surface area contributed by atoms with Crippen LogP contribution in [0.15, 0.2) is 23.1 Å². The number of hydrogen-bond acceptors (Lipinski definition) is 4. The molecule has 3 rings (SSSR count). The van der Waals surface area contributed by atoms with Crippen LogP contribution in [0.2, 0.25) is 5.15 Å². The third kappa shape index (κ3) is 3.85. The van der Waals surface area contributed by atoms with Gasteiger partial charge in [0, 0.05) is 24.7 Å². The summed E-state index contributed by atoms with van der Waals surface area (Å²) in [5.74, 6) is -1.22. The van der Waals surface area contributed by atoms with Gasteiger partial charge in [0.05, 0.1) is 17.2 Å². The van der Waals surface area contributed by atoms with Crippen molar-refractivity contribution in [1.82, 2.24) is 15.0 Å². The van der Waals surface area contributed by atoms with Crippen molar-refractivity contribution in [2.45, 2.75) is 37.8 Å². The highest BCUT2D eigenvalue weighted by atomic mass is 35.5. The van der Waals surface area contributed by atoms with Gasteiger partial charge in [0.15, 0.2) is 0 Å². The Morgan fingerprint density at radius 2 is 1.92 bits per heavy atom. The van der Waals surface area contributed by atoms with Gasteiger partial charge in [-0.25, -0.2) is 9.97 Å². The van der Waals surface area contributed by atoms with E-state index < -0.39 is 12.1 Å². The summed E-state index contributed by atoms with van der Waals surface area (Å²) in [6.45, 7) is 0. The predicted octanol–water partition coefficient (Wildman–Crippen LogP) is 4.36. The number of halogens is 4. The second kappa shape index (κ2) is 7.26. The second-order valence-electron chi connectivity index (χ2n) is 6.38. The van der Waals surface area contributed by atoms with Gasteiger partial charge in [0.25, 0.3) is 5.56 Å². The van der Waals surface area contributed by atoms with E-state index in [1.54, 1.807) is 19.2 Å². The standard InChI is InChI=1S/C17H18ClF3N4O/c1-22-16-24-14(9-2-5-11(6-3-9)17(19,20)21)13(15(26)25-16)10-4-7-12(18)23-8-10/h4,7-9,11H,2-3,5-6H2,1H3,(H2,22,24,25,26)/t9-,11+. The van der Waals surface area contributed by atoms with Crippen molar-refractivity contribution in [3.05, 3.63) is 39.5 Å². The van der Waals surface area contributed by atoms with Crippen LogP contribution in [0.1, 0.15) is 37.3 Å². The van der Waals surface area contributed by atoms with E-state index >= 15 is 0 Å². The normalized spacial score (nSPS) is 20.8. The lowest BCUT2D eigenvalue weighted by atomic mass is 9.78. The van der Waals surface area contributed by atoms with E-state index in [2.05, 4.69) is 20.3 Å². The summed E-state index contributed by atoms with van der Waals surface area (Å²) in [7, 11) is 1.62. The Morgan fingerprint density at radius 1 is 1.23 bits per heavy atom. The molecule has 9 heteroatoms. The number of aromatic amines is 1. The molecule has 2 N–H and O–H groups in total. The lowest BCUT2D eigenvalue weighted by Crippen LogP contribution is -2.28. The van der Waals surface area contributed by atoms with Gasteiger partial charge in [-0.1, -0.05) is 11.6 Å². The average Bonchev–Trinajstić information content (AvgIpc) is 2.61. The molecule has 0 aromatic carbocycles. The molecular formula is C17H18ClF3N4O. The van der Waals surface area contributed by atoms with Crippen molar-refractivity contribution >= 4 is 17.5 Å². The maximum absolute atomic E-state index is 12.9. The fourth-order valence-corrected chi connectivity index (χ4v) is 3.51. The lowest BCUT2D eigenvalue weighted by molar-refractivity contribution is -0.182. The van der Waals surface area contributed by atoms with Crippen LogP contribution in [-0.4, -0.2) is 28.2 Å². The van der Waals surface area contributed by atoms with Gasteiger partial charge in [0.1, 0.15) is 5.15 Å². The summed E-state index contributed by atoms with van der Waals surface area (Å²) in [5, 5.41) is 3.07. The zero-order valence-electron chi connectivity index (χ0n) is 14.0. The molecule has 0 saturated heterocycles. The van der Waals surface area contributed by atoms with Gasteiger partial charge in [-0.2, -0.15) is 13.2 Å². The molecule has 1 fully saturated rings. The van der Waals surface area contributed by atoms with E-state index in [0.717, 1.165) is 0 Å². The number of alkyl halides is 3. The predicted molar refractivity (Wildman–Crippen MR) is 93.4 cm³/mol. The van der Waals surface area contributed by atoms with E-state index in [1.807, 2.05) is 0 Å². The van der Waals surface area contributed by atoms with E-state index in [1.165, 1.54) is 6.20 Å². The molecule has 2 aromatic rings. The van der Waals surface area contributed by atoms with Crippen molar-refractivity contribution in [1.29, 1.82) is 0 Å². The average molecular weight is 387 g/mol. The number of H-pyrrole nitrogens is 1. The van der Waals surface area contributed by atoms with Crippen LogP contribution in [0.4, 0.5) is 19.1 Å². The van der Waals surface area contributed by atoms with E-state index in [0.29, 0.717) is 29.7 Å². The first-order valence-corrected chi connectivity index (χ1v) is 8.68. The zero-order valence-corrected chi connectivity index (χ0v) is 14.8. The molecule has 2 heterocycles. The molecule has 5 nitrogen and oxygen atoms in total. The van der Waals surface area contributed by atoms with E-state index in [9.17, 15) is 18.0 Å². The minimum atomic E-state index is -4.17. The maximum Gasteiger partial charge on any atom is 0.391 e. The van der Waals surface area contributed by atoms with Crippen LogP contribution in [0.25, 0.3) is 11.1 Å². The highest BCUT2D eigenvalue weighted by molar-refractivity contribution is 6.29. The molecule has 2 aromatic heterocycles. The second-order valence-corrected chi connectivity index (χ2v) is 6.77. The van der Waals surface area contributed by atoms with Crippen molar-refractivity contribution < 1.29 is 13.2 Å². The first-order valence-electron chi connectivity index (χ1n) is 8.30. The summed E-state index contributed by atoms with van der Waals surface area (Å²) in [4.78, 5) is 23.7. The summed E-state index contributed by atoms with van der Waals surface area (Å²) in [6, 6.07) is 3.22. The Bertz CT molecular complexity index is 827. The molecule has 1 saturated carbocycles. The number of anilines is 1. The topological polar surface area (TPSA) is 70.7 Å². The summed E-state index contributed by atoms with van der Waals surface area (Å²) in [6.07, 6.45) is -1.97. The number of pyridine rings is 1. The van der Waals surface area contributed by atoms with Crippen LogP contribution < -0.4 is 10.9 Å². The largest absolute Gasteiger partial charge is 0.391 e. The Morgan fingerprint density at radius 3 is 2.46 bits per heavy atom. The van der Waals surface area contributed by atoms with Crippen molar-refractivity contribution in [3.8, 4) is 11.1 Å². The highest BCUT2D eigenvalue weighted by Gasteiger charge is 2.42. The van der Waals surface area contributed by atoms with Crippen molar-refractivity contribution in [2.24, 2.45) is 5.92 Å². The minimum Gasteiger partial charge on any atom is -0.359 e. The monoisotopic (exact) mass is 386 g/mol. The molecule has 1 aliphatic rings. The maximum atomic E-state index is 12.9. The van der Waals surface area contributed by atoms with Crippen LogP contribution in [0.5, 0.6) is 0 Å². The van der Waals surface area contributed by atoms with E-state index in [-0.39, 0.29) is 35.4 Å². The third-order valence-corrected chi connectivity index (χ3v) is 5.00. The van der Waals surface area contributed by atoms with Crippen LogP contribution in [0, 0.1) is 5.92 Å². The zero-order chi connectivity index (χ0) is 18.9. The van der Waals surface area contributed by atoms with Crippen LogP contribution >= 0.6 is 11.6 Å². The van der Waals surface area contributed by atoms with Gasteiger partial charge >= 0.3 is 6.18 Å². The lowest BCUT2D eigenvalue weighted by Gasteiger charge is -2.30. The van der Waals surface area contributed by atoms with Crippen LogP contribution in [-0.2, 0) is 0 Å². The molecule has 0 unspecified atom stereocenters. The van der Waals surface area contributed by atoms with E-state index in [4.69, 9.17) is 11.6 Å². The molecule has 0 atom stereocenters. The Balaban J connectivity index is 1.99. The first kappa shape index (κ1) is 18.7. The molecule has 0 bridgehead atoms. The van der Waals surface area contributed by atoms with Gasteiger partial charge in [-0.15, -0.1) is 0 Å². The molecular weight excluding hydrogens is 369 g/mol. The molecule has 26 heavy (non-hydrogen) atoms. The molecule has 0 aliphatic heterocycles. The molecule has 0 amide bonds. The fraction of sp³-hybridized carbons (Fsp3) is 0.471. The molecule has 140 valence electrons. The third-order valence-electron chi connectivity index (χ3n) is 4.78. The number of rotatable bonds is 3. The minimum absolute atomic E-state index is 0.0375. The molecule has 0 radical (unpaired) electrons. The highest BCUT2D eigenvalue weighted by Crippen LogP contribution is 2.43. The number of aromatic nitrogens is 3. The number of nitrogens with one attached hydrogen (secondary N) is 2. The SMILES string of the molecule is CNc1nc([C@H]2CC[C@@H](C(F)(F)F)CC2)c(-c2ccc(Cl)nc2)c(=O)[nH]1. The van der Waals surface area contributed by atoms with Crippen LogP contribution in [0.3, 0.4) is 0 Å². The fourth-order valence-electron chi connectivity index (χ4n) is 3.40. The van der Waals surface area contributed by atoms with Crippen molar-refractivity contribution in [2.75, 3.05) is 12.4 Å². The number of nitrogens with zero attached hydrogens (tertiary/aromatic N) is 2. The Kier molecular flexibility index (Phi) is 5.22. The first-order chi connectivity index (χ1) is 12.3. The van der Waals surface area contributed by atoms with Gasteiger partial charge < -0.3 is 5.32 Å². The summed E-state index contributed by atoms with van der Waals surface area (Å²) in [5.41, 5.74) is 1.02. The molecule has 0 spiro atoms. The van der Waals surface area contributed by atoms with Gasteiger partial charge in [-0.05, 0) is 37.8 Å². The Hall–Kier alpha value is -2.09. The number of hydrogen-bond donors (Lipinski definition) is 2. The summed E-state index contributed by atoms with van der Waals surface area (Å²) < 4.78 is 38.8. The summed E-state index contributed by atoms with van der Waals surface area (Å²) >= 11 is 5.80. The smallest absolute Gasteiger partial charge is 0.359 e. The van der Waals surface area contributed by atoms with Crippen molar-refractivity contribution in [3.63, 3.8) is 0 Å².